The minimum atomic E-state index is 0.965. The van der Waals surface area contributed by atoms with Crippen LogP contribution in [0.3, 0.4) is 0 Å². The lowest BCUT2D eigenvalue weighted by molar-refractivity contribution is 0.457. The molecule has 14 heavy (non-hydrogen) atoms. The van der Waals surface area contributed by atoms with Gasteiger partial charge in [-0.05, 0) is 30.6 Å². The van der Waals surface area contributed by atoms with Gasteiger partial charge in [-0.2, -0.15) is 0 Å². The lowest BCUT2D eigenvalue weighted by Gasteiger charge is -2.07. The number of hydrogen-bond acceptors (Lipinski definition) is 0. The fourth-order valence-electron chi connectivity index (χ4n) is 2.38. The predicted molar refractivity (Wildman–Crippen MR) is 64.4 cm³/mol. The molecule has 0 radical (unpaired) electrons. The van der Waals surface area contributed by atoms with Gasteiger partial charge in [-0.3, -0.25) is 0 Å². The molecule has 0 aromatic carbocycles. The quantitative estimate of drug-likeness (QED) is 0.478. The molecule has 0 heterocycles. The van der Waals surface area contributed by atoms with Gasteiger partial charge >= 0.3 is 0 Å². The monoisotopic (exact) mass is 196 g/mol. The molecule has 0 N–H and O–H groups in total. The summed E-state index contributed by atoms with van der Waals surface area (Å²) in [5.41, 5.74) is 0. The van der Waals surface area contributed by atoms with Gasteiger partial charge in [0.15, 0.2) is 0 Å². The molecule has 0 amide bonds. The Kier molecular flexibility index (Phi) is 5.59. The van der Waals surface area contributed by atoms with E-state index in [4.69, 9.17) is 0 Å². The van der Waals surface area contributed by atoms with Gasteiger partial charge in [0, 0.05) is 0 Å². The van der Waals surface area contributed by atoms with E-state index in [1.165, 1.54) is 44.9 Å². The molecule has 0 nitrogen and oxygen atoms in total. The van der Waals surface area contributed by atoms with Gasteiger partial charge in [0.05, 0.1) is 0 Å². The van der Waals surface area contributed by atoms with Crippen molar-refractivity contribution in [2.45, 2.75) is 72.1 Å². The average molecular weight is 196 g/mol. The number of unbranched alkanes of at least 4 members (excludes halogenated alkanes) is 2. The zero-order valence-corrected chi connectivity index (χ0v) is 10.4. The molecule has 0 saturated heterocycles. The molecule has 1 rings (SSSR count). The first-order valence-corrected chi connectivity index (χ1v) is 6.77. The summed E-state index contributed by atoms with van der Waals surface area (Å²) in [7, 11) is 0. The second-order valence-electron chi connectivity index (χ2n) is 5.34. The molecule has 3 unspecified atom stereocenters. The molecule has 0 aromatic rings. The first kappa shape index (κ1) is 12.1. The van der Waals surface area contributed by atoms with Crippen LogP contribution in [0.15, 0.2) is 0 Å². The highest BCUT2D eigenvalue weighted by Gasteiger charge is 2.35. The Morgan fingerprint density at radius 2 is 1.79 bits per heavy atom. The van der Waals surface area contributed by atoms with Crippen LogP contribution in [-0.4, -0.2) is 0 Å². The third kappa shape index (κ3) is 4.48. The van der Waals surface area contributed by atoms with Crippen molar-refractivity contribution < 1.29 is 0 Å². The van der Waals surface area contributed by atoms with Crippen LogP contribution in [0.5, 0.6) is 0 Å². The maximum Gasteiger partial charge on any atom is -0.0383 e. The second kappa shape index (κ2) is 6.48. The van der Waals surface area contributed by atoms with Crippen molar-refractivity contribution >= 4 is 0 Å². The van der Waals surface area contributed by atoms with Crippen molar-refractivity contribution in [2.24, 2.45) is 17.8 Å². The lowest BCUT2D eigenvalue weighted by atomic mass is 9.99. The first-order valence-electron chi connectivity index (χ1n) is 6.77. The van der Waals surface area contributed by atoms with E-state index < -0.39 is 0 Å². The van der Waals surface area contributed by atoms with Gasteiger partial charge < -0.3 is 0 Å². The molecule has 0 spiro atoms. The molecule has 1 saturated carbocycles. The van der Waals surface area contributed by atoms with E-state index >= 15 is 0 Å². The Bertz CT molecular complexity index is 139. The molecule has 84 valence electrons. The van der Waals surface area contributed by atoms with Crippen LogP contribution in [0.2, 0.25) is 0 Å². The molecular weight excluding hydrogens is 168 g/mol. The van der Waals surface area contributed by atoms with Crippen molar-refractivity contribution in [1.82, 2.24) is 0 Å². The molecule has 3 atom stereocenters. The van der Waals surface area contributed by atoms with Gasteiger partial charge in [0.2, 0.25) is 0 Å². The fraction of sp³-hybridized carbons (Fsp3) is 1.00. The first-order chi connectivity index (χ1) is 6.77. The zero-order chi connectivity index (χ0) is 10.4. The van der Waals surface area contributed by atoms with Crippen LogP contribution in [0.1, 0.15) is 72.1 Å². The molecule has 0 bridgehead atoms. The maximum absolute atomic E-state index is 2.40. The summed E-state index contributed by atoms with van der Waals surface area (Å²) in [6, 6.07) is 0. The summed E-state index contributed by atoms with van der Waals surface area (Å²) in [5.74, 6) is 3.22. The van der Waals surface area contributed by atoms with Crippen molar-refractivity contribution in [3.63, 3.8) is 0 Å². The smallest absolute Gasteiger partial charge is 0.0383 e. The highest BCUT2D eigenvalue weighted by Crippen LogP contribution is 2.46. The van der Waals surface area contributed by atoms with Gasteiger partial charge in [-0.25, -0.2) is 0 Å². The van der Waals surface area contributed by atoms with Gasteiger partial charge in [-0.1, -0.05) is 59.3 Å². The average Bonchev–Trinajstić information content (AvgIpc) is 2.94. The predicted octanol–water partition coefficient (Wildman–Crippen LogP) is 5.03. The van der Waals surface area contributed by atoms with E-state index in [2.05, 4.69) is 20.8 Å². The van der Waals surface area contributed by atoms with Crippen LogP contribution < -0.4 is 0 Å². The Morgan fingerprint density at radius 1 is 1.07 bits per heavy atom. The van der Waals surface area contributed by atoms with Gasteiger partial charge in [-0.15, -0.1) is 0 Å². The third-order valence-corrected chi connectivity index (χ3v) is 3.97. The summed E-state index contributed by atoms with van der Waals surface area (Å²) in [6.07, 6.45) is 11.8. The number of hydrogen-bond donors (Lipinski definition) is 0. The van der Waals surface area contributed by atoms with Crippen LogP contribution in [0.25, 0.3) is 0 Å². The molecule has 0 heteroatoms. The molecule has 1 aliphatic carbocycles. The molecule has 1 fully saturated rings. The summed E-state index contributed by atoms with van der Waals surface area (Å²) >= 11 is 0. The Labute approximate surface area is 90.5 Å². The highest BCUT2D eigenvalue weighted by molar-refractivity contribution is 4.85. The summed E-state index contributed by atoms with van der Waals surface area (Å²) in [6.45, 7) is 7.01. The van der Waals surface area contributed by atoms with Crippen LogP contribution >= 0.6 is 0 Å². The van der Waals surface area contributed by atoms with E-state index in [-0.39, 0.29) is 0 Å². The second-order valence-corrected chi connectivity index (χ2v) is 5.34. The summed E-state index contributed by atoms with van der Waals surface area (Å²) in [5, 5.41) is 0. The van der Waals surface area contributed by atoms with Crippen molar-refractivity contribution in [2.75, 3.05) is 0 Å². The van der Waals surface area contributed by atoms with Crippen LogP contribution in [0, 0.1) is 17.8 Å². The minimum absolute atomic E-state index is 0.965. The van der Waals surface area contributed by atoms with Gasteiger partial charge in [0.1, 0.15) is 0 Å². The van der Waals surface area contributed by atoms with Crippen LogP contribution in [0.4, 0.5) is 0 Å². The van der Waals surface area contributed by atoms with Crippen molar-refractivity contribution in [1.29, 1.82) is 0 Å². The van der Waals surface area contributed by atoms with E-state index in [0.717, 1.165) is 17.8 Å². The lowest BCUT2D eigenvalue weighted by Crippen LogP contribution is -1.93. The van der Waals surface area contributed by atoms with Crippen LogP contribution in [-0.2, 0) is 0 Å². The van der Waals surface area contributed by atoms with E-state index in [1.807, 2.05) is 0 Å². The van der Waals surface area contributed by atoms with E-state index in [9.17, 15) is 0 Å². The minimum Gasteiger partial charge on any atom is -0.0654 e. The molecule has 0 aliphatic heterocycles. The standard InChI is InChI=1S/C14H28/c1-4-6-7-8-13-11-14(13)10-9-12(3)5-2/h12-14H,4-11H2,1-3H3. The topological polar surface area (TPSA) is 0 Å². The normalized spacial score (nSPS) is 27.6. The Balaban J connectivity index is 1.92. The summed E-state index contributed by atoms with van der Waals surface area (Å²) in [4.78, 5) is 0. The maximum atomic E-state index is 2.40. The molecular formula is C14H28. The van der Waals surface area contributed by atoms with E-state index in [0.29, 0.717) is 0 Å². The highest BCUT2D eigenvalue weighted by atomic mass is 14.4. The zero-order valence-electron chi connectivity index (χ0n) is 10.4. The molecule has 1 aliphatic rings. The molecule has 0 aromatic heterocycles. The largest absolute Gasteiger partial charge is 0.0654 e. The van der Waals surface area contributed by atoms with E-state index in [1.54, 1.807) is 6.42 Å². The SMILES string of the molecule is CCCCCC1CC1CCC(C)CC. The third-order valence-electron chi connectivity index (χ3n) is 3.97. The Hall–Kier alpha value is 0. The van der Waals surface area contributed by atoms with Gasteiger partial charge in [0.25, 0.3) is 0 Å². The summed E-state index contributed by atoms with van der Waals surface area (Å²) < 4.78 is 0. The number of rotatable bonds is 8. The van der Waals surface area contributed by atoms with Crippen molar-refractivity contribution in [3.8, 4) is 0 Å². The fourth-order valence-corrected chi connectivity index (χ4v) is 2.38. The Morgan fingerprint density at radius 3 is 2.43 bits per heavy atom. The van der Waals surface area contributed by atoms with Crippen molar-refractivity contribution in [3.05, 3.63) is 0 Å².